The fraction of sp³-hybridized carbons (Fsp3) is 0.714. The Morgan fingerprint density at radius 1 is 1.17 bits per heavy atom. The van der Waals surface area contributed by atoms with Crippen molar-refractivity contribution >= 4 is 11.7 Å². The van der Waals surface area contributed by atoms with E-state index in [0.29, 0.717) is 19.5 Å². The van der Waals surface area contributed by atoms with Gasteiger partial charge in [0.1, 0.15) is 0 Å². The maximum Gasteiger partial charge on any atom is 0.234 e. The first-order valence-corrected chi connectivity index (χ1v) is 6.82. The molecule has 18 heavy (non-hydrogen) atoms. The third-order valence-electron chi connectivity index (χ3n) is 2.50. The van der Waals surface area contributed by atoms with Gasteiger partial charge in [0.15, 0.2) is 5.78 Å². The van der Waals surface area contributed by atoms with Crippen molar-refractivity contribution in [2.24, 2.45) is 0 Å². The third kappa shape index (κ3) is 8.93. The molecule has 0 aliphatic carbocycles. The van der Waals surface area contributed by atoms with E-state index in [0.717, 1.165) is 25.9 Å². The maximum absolute atomic E-state index is 11.6. The van der Waals surface area contributed by atoms with Crippen LogP contribution < -0.4 is 5.32 Å². The van der Waals surface area contributed by atoms with Crippen LogP contribution in [0.25, 0.3) is 0 Å². The van der Waals surface area contributed by atoms with Crippen LogP contribution in [0.15, 0.2) is 12.2 Å². The number of allylic oxidation sites excluding steroid dienone is 1. The van der Waals surface area contributed by atoms with E-state index in [4.69, 9.17) is 0 Å². The molecule has 0 bridgehead atoms. The van der Waals surface area contributed by atoms with Crippen LogP contribution in [0, 0.1) is 0 Å². The number of carbonyl (C=O) groups is 2. The second-order valence-corrected chi connectivity index (χ2v) is 4.31. The Morgan fingerprint density at radius 2 is 1.89 bits per heavy atom. The highest BCUT2D eigenvalue weighted by atomic mass is 16.2. The highest BCUT2D eigenvalue weighted by molar-refractivity contribution is 5.89. The van der Waals surface area contributed by atoms with Crippen molar-refractivity contribution in [1.82, 2.24) is 10.2 Å². The maximum atomic E-state index is 11.6. The second kappa shape index (κ2) is 11.0. The minimum Gasteiger partial charge on any atom is -0.355 e. The molecule has 0 rings (SSSR count). The van der Waals surface area contributed by atoms with Crippen LogP contribution in [0.5, 0.6) is 0 Å². The normalized spacial score (nSPS) is 11.1. The van der Waals surface area contributed by atoms with E-state index in [1.807, 2.05) is 24.8 Å². The molecule has 104 valence electrons. The van der Waals surface area contributed by atoms with E-state index in [1.165, 1.54) is 0 Å². The molecule has 0 aromatic rings. The van der Waals surface area contributed by atoms with Crippen molar-refractivity contribution < 1.29 is 9.59 Å². The van der Waals surface area contributed by atoms with Gasteiger partial charge in [-0.05, 0) is 25.5 Å². The predicted octanol–water partition coefficient (Wildman–Crippen LogP) is 1.76. The molecule has 0 spiro atoms. The lowest BCUT2D eigenvalue weighted by molar-refractivity contribution is -0.122. The van der Waals surface area contributed by atoms with Gasteiger partial charge < -0.3 is 5.32 Å². The Balaban J connectivity index is 4.09. The van der Waals surface area contributed by atoms with Gasteiger partial charge in [-0.15, -0.1) is 0 Å². The van der Waals surface area contributed by atoms with Crippen molar-refractivity contribution in [3.8, 4) is 0 Å². The second-order valence-electron chi connectivity index (χ2n) is 4.31. The third-order valence-corrected chi connectivity index (χ3v) is 2.50. The smallest absolute Gasteiger partial charge is 0.234 e. The van der Waals surface area contributed by atoms with Crippen LogP contribution in [0.1, 0.15) is 40.0 Å². The molecule has 0 unspecified atom stereocenters. The van der Waals surface area contributed by atoms with E-state index in [-0.39, 0.29) is 11.7 Å². The van der Waals surface area contributed by atoms with E-state index in [9.17, 15) is 9.59 Å². The first-order valence-electron chi connectivity index (χ1n) is 6.82. The summed E-state index contributed by atoms with van der Waals surface area (Å²) in [7, 11) is 0. The van der Waals surface area contributed by atoms with Gasteiger partial charge in [-0.2, -0.15) is 0 Å². The highest BCUT2D eigenvalue weighted by Crippen LogP contribution is 1.93. The number of hydrogen-bond donors (Lipinski definition) is 1. The largest absolute Gasteiger partial charge is 0.355 e. The quantitative estimate of drug-likeness (QED) is 0.604. The summed E-state index contributed by atoms with van der Waals surface area (Å²) in [5.74, 6) is 0.183. The average Bonchev–Trinajstić information content (AvgIpc) is 2.36. The molecule has 0 aliphatic rings. The molecule has 4 heteroatoms. The number of carbonyl (C=O) groups excluding carboxylic acids is 2. The zero-order valence-corrected chi connectivity index (χ0v) is 11.9. The summed E-state index contributed by atoms with van der Waals surface area (Å²) in [6, 6.07) is 0. The highest BCUT2D eigenvalue weighted by Gasteiger charge is 2.07. The number of hydrogen-bond acceptors (Lipinski definition) is 3. The molecule has 0 heterocycles. The van der Waals surface area contributed by atoms with Crippen LogP contribution in [-0.2, 0) is 9.59 Å². The Bertz CT molecular complexity index is 275. The first-order chi connectivity index (χ1) is 8.63. The predicted molar refractivity (Wildman–Crippen MR) is 74.5 cm³/mol. The molecule has 4 nitrogen and oxygen atoms in total. The monoisotopic (exact) mass is 254 g/mol. The standard InChI is InChI=1S/C14H26N2O2/c1-4-9-15-14(18)12-16(10-5-2)11-7-8-13(17)6-3/h7-8H,4-6,9-12H2,1-3H3,(H,15,18)/b8-7+. The van der Waals surface area contributed by atoms with Crippen molar-refractivity contribution in [3.63, 3.8) is 0 Å². The van der Waals surface area contributed by atoms with E-state index in [2.05, 4.69) is 12.2 Å². The van der Waals surface area contributed by atoms with E-state index >= 15 is 0 Å². The van der Waals surface area contributed by atoms with Crippen molar-refractivity contribution in [3.05, 3.63) is 12.2 Å². The van der Waals surface area contributed by atoms with Gasteiger partial charge in [0.05, 0.1) is 6.54 Å². The molecule has 1 N–H and O–H groups in total. The molecule has 0 saturated heterocycles. The lowest BCUT2D eigenvalue weighted by atomic mass is 10.3. The molecular formula is C14H26N2O2. The number of nitrogens with zero attached hydrogens (tertiary/aromatic N) is 1. The zero-order chi connectivity index (χ0) is 13.8. The molecule has 0 atom stereocenters. The Labute approximate surface area is 110 Å². The van der Waals surface area contributed by atoms with Crippen LogP contribution in [0.4, 0.5) is 0 Å². The van der Waals surface area contributed by atoms with Crippen LogP contribution in [-0.4, -0.2) is 42.8 Å². The summed E-state index contributed by atoms with van der Waals surface area (Å²) < 4.78 is 0. The fourth-order valence-corrected chi connectivity index (χ4v) is 1.53. The van der Waals surface area contributed by atoms with Crippen molar-refractivity contribution in [2.45, 2.75) is 40.0 Å². The molecule has 1 amide bonds. The van der Waals surface area contributed by atoms with Gasteiger partial charge in [0.25, 0.3) is 0 Å². The molecule has 0 aromatic carbocycles. The average molecular weight is 254 g/mol. The number of rotatable bonds is 10. The van der Waals surface area contributed by atoms with Gasteiger partial charge in [0, 0.05) is 19.5 Å². The number of ketones is 1. The van der Waals surface area contributed by atoms with Crippen molar-refractivity contribution in [2.75, 3.05) is 26.2 Å². The summed E-state index contributed by atoms with van der Waals surface area (Å²) in [4.78, 5) is 24.8. The van der Waals surface area contributed by atoms with Gasteiger partial charge in [-0.3, -0.25) is 14.5 Å². The lowest BCUT2D eigenvalue weighted by Crippen LogP contribution is -2.38. The van der Waals surface area contributed by atoms with Gasteiger partial charge in [0.2, 0.25) is 5.91 Å². The van der Waals surface area contributed by atoms with E-state index in [1.54, 1.807) is 6.08 Å². The molecule has 0 aromatic heterocycles. The van der Waals surface area contributed by atoms with E-state index < -0.39 is 0 Å². The Kier molecular flexibility index (Phi) is 10.3. The number of amides is 1. The fourth-order valence-electron chi connectivity index (χ4n) is 1.53. The van der Waals surface area contributed by atoms with Gasteiger partial charge >= 0.3 is 0 Å². The zero-order valence-electron chi connectivity index (χ0n) is 11.9. The summed E-state index contributed by atoms with van der Waals surface area (Å²) >= 11 is 0. The molecule has 0 fully saturated rings. The van der Waals surface area contributed by atoms with Gasteiger partial charge in [-0.1, -0.05) is 26.8 Å². The molecule has 0 radical (unpaired) electrons. The molecule has 0 saturated carbocycles. The number of nitrogens with one attached hydrogen (secondary N) is 1. The molecular weight excluding hydrogens is 228 g/mol. The first kappa shape index (κ1) is 16.8. The Hall–Kier alpha value is -1.16. The minimum absolute atomic E-state index is 0.0560. The van der Waals surface area contributed by atoms with Crippen LogP contribution >= 0.6 is 0 Å². The van der Waals surface area contributed by atoms with Crippen LogP contribution in [0.3, 0.4) is 0 Å². The lowest BCUT2D eigenvalue weighted by Gasteiger charge is -2.19. The SMILES string of the molecule is CCCNC(=O)CN(C/C=C/C(=O)CC)CCC. The summed E-state index contributed by atoms with van der Waals surface area (Å²) in [6.07, 6.45) is 5.92. The molecule has 0 aliphatic heterocycles. The van der Waals surface area contributed by atoms with Gasteiger partial charge in [-0.25, -0.2) is 0 Å². The minimum atomic E-state index is 0.0560. The summed E-state index contributed by atoms with van der Waals surface area (Å²) in [5.41, 5.74) is 0. The topological polar surface area (TPSA) is 49.4 Å². The summed E-state index contributed by atoms with van der Waals surface area (Å²) in [5, 5.41) is 2.86. The van der Waals surface area contributed by atoms with Crippen LogP contribution in [0.2, 0.25) is 0 Å². The Morgan fingerprint density at radius 3 is 2.44 bits per heavy atom. The summed E-state index contributed by atoms with van der Waals surface area (Å²) in [6.45, 7) is 8.60. The van der Waals surface area contributed by atoms with Crippen molar-refractivity contribution in [1.29, 1.82) is 0 Å².